The second kappa shape index (κ2) is 5.88. The molecule has 0 unspecified atom stereocenters. The van der Waals surface area contributed by atoms with E-state index in [2.05, 4.69) is 24.1 Å². The van der Waals surface area contributed by atoms with E-state index in [1.165, 1.54) is 0 Å². The van der Waals surface area contributed by atoms with Gasteiger partial charge in [-0.25, -0.2) is 4.98 Å². The first-order chi connectivity index (χ1) is 7.13. The number of nitrogens with zero attached hydrogens (tertiary/aromatic N) is 2. The topological polar surface area (TPSA) is 50.1 Å². The second-order valence-corrected chi connectivity index (χ2v) is 4.34. The number of hydrogen-bond acceptors (Lipinski definition) is 3. The zero-order valence-corrected chi connectivity index (χ0v) is 9.77. The maximum Gasteiger partial charge on any atom is 0.122 e. The van der Waals surface area contributed by atoms with Crippen LogP contribution in [-0.2, 0) is 13.6 Å². The van der Waals surface area contributed by atoms with Gasteiger partial charge >= 0.3 is 0 Å². The Morgan fingerprint density at radius 2 is 2.27 bits per heavy atom. The minimum atomic E-state index is 0.168. The zero-order chi connectivity index (χ0) is 11.3. The third-order valence-corrected chi connectivity index (χ3v) is 2.45. The molecule has 0 saturated carbocycles. The minimum Gasteiger partial charge on any atom is -0.395 e. The highest BCUT2D eigenvalue weighted by atomic mass is 16.3. The highest BCUT2D eigenvalue weighted by Crippen LogP contribution is 2.05. The lowest BCUT2D eigenvalue weighted by atomic mass is 10.0. The molecule has 0 saturated heterocycles. The summed E-state index contributed by atoms with van der Waals surface area (Å²) < 4.78 is 1.98. The number of imidazole rings is 1. The number of aliphatic hydroxyl groups excluding tert-OH is 1. The van der Waals surface area contributed by atoms with E-state index in [9.17, 15) is 5.11 Å². The van der Waals surface area contributed by atoms with E-state index >= 15 is 0 Å². The molecule has 0 aromatic carbocycles. The van der Waals surface area contributed by atoms with E-state index < -0.39 is 0 Å². The van der Waals surface area contributed by atoms with Crippen molar-refractivity contribution in [2.75, 3.05) is 6.61 Å². The summed E-state index contributed by atoms with van der Waals surface area (Å²) in [5, 5.41) is 12.5. The molecule has 1 aromatic heterocycles. The van der Waals surface area contributed by atoms with Crippen molar-refractivity contribution in [1.29, 1.82) is 0 Å². The molecule has 0 amide bonds. The van der Waals surface area contributed by atoms with Gasteiger partial charge in [-0.05, 0) is 12.3 Å². The Bertz CT molecular complexity index is 283. The van der Waals surface area contributed by atoms with Gasteiger partial charge < -0.3 is 15.0 Å². The number of rotatable bonds is 6. The average Bonchev–Trinajstić information content (AvgIpc) is 2.58. The van der Waals surface area contributed by atoms with Gasteiger partial charge in [-0.15, -0.1) is 0 Å². The van der Waals surface area contributed by atoms with Gasteiger partial charge in [0.15, 0.2) is 0 Å². The van der Waals surface area contributed by atoms with Crippen molar-refractivity contribution in [2.24, 2.45) is 13.0 Å². The lowest BCUT2D eigenvalue weighted by Crippen LogP contribution is -2.34. The highest BCUT2D eigenvalue weighted by Gasteiger charge is 2.09. The maximum absolute atomic E-state index is 9.18. The molecule has 0 fully saturated rings. The first-order valence-electron chi connectivity index (χ1n) is 5.44. The van der Waals surface area contributed by atoms with Crippen molar-refractivity contribution in [3.8, 4) is 0 Å². The Hall–Kier alpha value is -0.870. The number of aryl methyl sites for hydroxylation is 1. The number of aromatic nitrogens is 2. The summed E-state index contributed by atoms with van der Waals surface area (Å²) in [5.41, 5.74) is 0. The van der Waals surface area contributed by atoms with Crippen LogP contribution in [0.1, 0.15) is 26.1 Å². The monoisotopic (exact) mass is 211 g/mol. The van der Waals surface area contributed by atoms with Crippen molar-refractivity contribution in [2.45, 2.75) is 32.9 Å². The molecule has 0 radical (unpaired) electrons. The summed E-state index contributed by atoms with van der Waals surface area (Å²) in [6, 6.07) is 0.168. The van der Waals surface area contributed by atoms with Crippen molar-refractivity contribution >= 4 is 0 Å². The van der Waals surface area contributed by atoms with Crippen molar-refractivity contribution in [3.05, 3.63) is 18.2 Å². The molecular formula is C11H21N3O. The van der Waals surface area contributed by atoms with Gasteiger partial charge in [0.05, 0.1) is 13.2 Å². The van der Waals surface area contributed by atoms with Gasteiger partial charge in [-0.2, -0.15) is 0 Å². The Balaban J connectivity index is 2.37. The van der Waals surface area contributed by atoms with Gasteiger partial charge in [0.25, 0.3) is 0 Å². The van der Waals surface area contributed by atoms with Crippen LogP contribution >= 0.6 is 0 Å². The van der Waals surface area contributed by atoms with E-state index in [1.54, 1.807) is 6.20 Å². The largest absolute Gasteiger partial charge is 0.395 e. The van der Waals surface area contributed by atoms with Crippen LogP contribution in [0.2, 0.25) is 0 Å². The Morgan fingerprint density at radius 1 is 1.53 bits per heavy atom. The molecule has 1 heterocycles. The van der Waals surface area contributed by atoms with Gasteiger partial charge in [0, 0.05) is 25.5 Å². The summed E-state index contributed by atoms with van der Waals surface area (Å²) in [5.74, 6) is 1.59. The summed E-state index contributed by atoms with van der Waals surface area (Å²) in [6.45, 7) is 5.21. The van der Waals surface area contributed by atoms with Gasteiger partial charge in [-0.3, -0.25) is 0 Å². The van der Waals surface area contributed by atoms with Crippen molar-refractivity contribution in [1.82, 2.24) is 14.9 Å². The van der Waals surface area contributed by atoms with Crippen LogP contribution in [0, 0.1) is 5.92 Å². The van der Waals surface area contributed by atoms with Gasteiger partial charge in [0.1, 0.15) is 5.82 Å². The lowest BCUT2D eigenvalue weighted by molar-refractivity contribution is 0.222. The predicted molar refractivity (Wildman–Crippen MR) is 60.4 cm³/mol. The normalized spacial score (nSPS) is 13.4. The molecule has 2 N–H and O–H groups in total. The molecule has 1 atom stereocenters. The Kier molecular flexibility index (Phi) is 4.78. The minimum absolute atomic E-state index is 0.168. The molecule has 15 heavy (non-hydrogen) atoms. The van der Waals surface area contributed by atoms with Crippen LogP contribution in [-0.4, -0.2) is 27.3 Å². The van der Waals surface area contributed by atoms with E-state index in [-0.39, 0.29) is 12.6 Å². The van der Waals surface area contributed by atoms with E-state index in [4.69, 9.17) is 0 Å². The maximum atomic E-state index is 9.18. The number of hydrogen-bond donors (Lipinski definition) is 2. The summed E-state index contributed by atoms with van der Waals surface area (Å²) >= 11 is 0. The Morgan fingerprint density at radius 3 is 2.73 bits per heavy atom. The van der Waals surface area contributed by atoms with E-state index in [1.807, 2.05) is 17.8 Å². The van der Waals surface area contributed by atoms with Crippen LogP contribution < -0.4 is 5.32 Å². The van der Waals surface area contributed by atoms with Crippen LogP contribution in [0.3, 0.4) is 0 Å². The molecular weight excluding hydrogens is 190 g/mol. The van der Waals surface area contributed by atoms with Crippen molar-refractivity contribution in [3.63, 3.8) is 0 Å². The first kappa shape index (κ1) is 12.2. The fraction of sp³-hybridized carbons (Fsp3) is 0.727. The molecule has 0 aliphatic heterocycles. The molecule has 0 bridgehead atoms. The predicted octanol–water partition coefficient (Wildman–Crippen LogP) is 0.917. The van der Waals surface area contributed by atoms with Crippen LogP contribution in [0.25, 0.3) is 0 Å². The molecule has 0 aliphatic rings. The summed E-state index contributed by atoms with van der Waals surface area (Å²) in [4.78, 5) is 4.22. The van der Waals surface area contributed by atoms with E-state index in [0.717, 1.165) is 12.2 Å². The third-order valence-electron chi connectivity index (χ3n) is 2.45. The van der Waals surface area contributed by atoms with Crippen LogP contribution in [0.5, 0.6) is 0 Å². The number of nitrogens with one attached hydrogen (secondary N) is 1. The molecule has 1 aromatic rings. The fourth-order valence-corrected chi connectivity index (χ4v) is 1.59. The van der Waals surface area contributed by atoms with Crippen LogP contribution in [0.15, 0.2) is 12.4 Å². The SMILES string of the molecule is CC(C)C[C@H](CO)NCc1nccn1C. The lowest BCUT2D eigenvalue weighted by Gasteiger charge is -2.17. The van der Waals surface area contributed by atoms with Crippen molar-refractivity contribution < 1.29 is 5.11 Å². The standard InChI is InChI=1S/C11H21N3O/c1-9(2)6-10(8-15)13-7-11-12-4-5-14(11)3/h4-5,9-10,13,15H,6-8H2,1-3H3/t10-/m1/s1. The molecule has 4 heteroatoms. The number of aliphatic hydroxyl groups is 1. The summed E-state index contributed by atoms with van der Waals surface area (Å²) in [7, 11) is 1.97. The molecule has 4 nitrogen and oxygen atoms in total. The Labute approximate surface area is 91.3 Å². The second-order valence-electron chi connectivity index (χ2n) is 4.34. The van der Waals surface area contributed by atoms with Gasteiger partial charge in [0.2, 0.25) is 0 Å². The first-order valence-corrected chi connectivity index (χ1v) is 5.44. The summed E-state index contributed by atoms with van der Waals surface area (Å²) in [6.07, 6.45) is 4.70. The smallest absolute Gasteiger partial charge is 0.122 e. The van der Waals surface area contributed by atoms with Crippen LogP contribution in [0.4, 0.5) is 0 Å². The fourth-order valence-electron chi connectivity index (χ4n) is 1.59. The molecule has 1 rings (SSSR count). The molecule has 86 valence electrons. The average molecular weight is 211 g/mol. The third kappa shape index (κ3) is 4.01. The quantitative estimate of drug-likeness (QED) is 0.735. The van der Waals surface area contributed by atoms with E-state index in [0.29, 0.717) is 12.5 Å². The molecule has 0 aliphatic carbocycles. The highest BCUT2D eigenvalue weighted by molar-refractivity contribution is 4.90. The molecule has 0 spiro atoms. The zero-order valence-electron chi connectivity index (χ0n) is 9.77. The van der Waals surface area contributed by atoms with Gasteiger partial charge in [-0.1, -0.05) is 13.8 Å².